The quantitative estimate of drug-likeness (QED) is 0.165. The topological polar surface area (TPSA) is 13.1 Å². The van der Waals surface area contributed by atoms with E-state index in [0.29, 0.717) is 0 Å². The summed E-state index contributed by atoms with van der Waals surface area (Å²) in [4.78, 5) is 0. The lowest BCUT2D eigenvalue weighted by atomic mass is 9.76. The molecule has 274 valence electrons. The largest absolute Gasteiger partial charge is 0.456 e. The van der Waals surface area contributed by atoms with Gasteiger partial charge in [-0.15, -0.1) is 0 Å². The lowest BCUT2D eigenvalue weighted by Gasteiger charge is -2.27. The monoisotopic (exact) mass is 724 g/mol. The van der Waals surface area contributed by atoms with Gasteiger partial charge >= 0.3 is 0 Å². The zero-order chi connectivity index (χ0) is 38.9. The second-order valence-electron chi connectivity index (χ2n) is 17.0. The minimum Gasteiger partial charge on any atom is -0.456 e. The minimum absolute atomic E-state index is 0.0565. The Morgan fingerprint density at radius 1 is 0.357 bits per heavy atom. The fraction of sp³-hybridized carbons (Fsp3) is 0.200. The molecular formula is C55H48O. The minimum atomic E-state index is -0.0565. The first-order valence-electron chi connectivity index (χ1n) is 20.1. The zero-order valence-electron chi connectivity index (χ0n) is 34.3. The van der Waals surface area contributed by atoms with E-state index in [2.05, 4.69) is 178 Å². The van der Waals surface area contributed by atoms with Crippen LogP contribution in [-0.4, -0.2) is 0 Å². The molecule has 0 aliphatic heterocycles. The van der Waals surface area contributed by atoms with Crippen molar-refractivity contribution in [3.05, 3.63) is 165 Å². The van der Waals surface area contributed by atoms with Gasteiger partial charge in [0.1, 0.15) is 11.2 Å². The van der Waals surface area contributed by atoms with Crippen LogP contribution in [0.1, 0.15) is 69.5 Å². The van der Waals surface area contributed by atoms with Crippen LogP contribution in [0.3, 0.4) is 0 Å². The molecule has 0 saturated heterocycles. The summed E-state index contributed by atoms with van der Waals surface area (Å²) in [6.07, 6.45) is 0. The molecule has 1 heteroatoms. The first-order valence-corrected chi connectivity index (χ1v) is 20.1. The van der Waals surface area contributed by atoms with Crippen molar-refractivity contribution in [2.24, 2.45) is 0 Å². The first kappa shape index (κ1) is 34.6. The van der Waals surface area contributed by atoms with Gasteiger partial charge in [-0.1, -0.05) is 98.8 Å². The van der Waals surface area contributed by atoms with Crippen molar-refractivity contribution < 1.29 is 4.42 Å². The Morgan fingerprint density at radius 3 is 1.54 bits per heavy atom. The highest BCUT2D eigenvalue weighted by Crippen LogP contribution is 2.53. The van der Waals surface area contributed by atoms with E-state index >= 15 is 0 Å². The number of benzene rings is 8. The van der Waals surface area contributed by atoms with E-state index in [1.54, 1.807) is 0 Å². The van der Waals surface area contributed by atoms with E-state index in [4.69, 9.17) is 4.42 Å². The summed E-state index contributed by atoms with van der Waals surface area (Å²) in [7, 11) is 0. The van der Waals surface area contributed by atoms with Crippen molar-refractivity contribution >= 4 is 43.5 Å². The van der Waals surface area contributed by atoms with Crippen LogP contribution in [-0.2, 0) is 5.41 Å². The molecule has 0 saturated carbocycles. The molecule has 0 spiro atoms. The molecule has 1 aliphatic rings. The molecule has 0 atom stereocenters. The molecule has 0 N–H and O–H groups in total. The van der Waals surface area contributed by atoms with Gasteiger partial charge in [0.25, 0.3) is 0 Å². The second kappa shape index (κ2) is 12.0. The Labute approximate surface area is 330 Å². The van der Waals surface area contributed by atoms with Crippen molar-refractivity contribution in [3.63, 3.8) is 0 Å². The van der Waals surface area contributed by atoms with Crippen molar-refractivity contribution in [2.45, 2.75) is 74.7 Å². The van der Waals surface area contributed by atoms with Gasteiger partial charge in [-0.2, -0.15) is 0 Å². The Bertz CT molecular complexity index is 3100. The van der Waals surface area contributed by atoms with Gasteiger partial charge in [0.05, 0.1) is 0 Å². The summed E-state index contributed by atoms with van der Waals surface area (Å²) in [6.45, 7) is 23.4. The predicted octanol–water partition coefficient (Wildman–Crippen LogP) is 15.7. The fourth-order valence-electron chi connectivity index (χ4n) is 10.4. The number of para-hydroxylation sites is 1. The van der Waals surface area contributed by atoms with E-state index in [1.165, 1.54) is 127 Å². The normalized spacial score (nSPS) is 13.3. The smallest absolute Gasteiger partial charge is 0.136 e. The van der Waals surface area contributed by atoms with Crippen molar-refractivity contribution in [1.82, 2.24) is 0 Å². The zero-order valence-corrected chi connectivity index (χ0v) is 34.3. The molecule has 1 nitrogen and oxygen atoms in total. The number of hydrogen-bond donors (Lipinski definition) is 0. The third-order valence-corrected chi connectivity index (χ3v) is 14.1. The maximum atomic E-state index is 6.54. The molecule has 0 fully saturated rings. The van der Waals surface area contributed by atoms with E-state index in [9.17, 15) is 0 Å². The molecule has 8 aromatic carbocycles. The predicted molar refractivity (Wildman–Crippen MR) is 240 cm³/mol. The van der Waals surface area contributed by atoms with Gasteiger partial charge in [-0.3, -0.25) is 0 Å². The fourth-order valence-corrected chi connectivity index (χ4v) is 10.4. The van der Waals surface area contributed by atoms with Crippen molar-refractivity contribution in [3.8, 4) is 44.5 Å². The van der Waals surface area contributed by atoms with Crippen LogP contribution < -0.4 is 0 Å². The molecule has 0 amide bonds. The van der Waals surface area contributed by atoms with Gasteiger partial charge in [-0.05, 0) is 201 Å². The number of fused-ring (bicyclic) bond motifs is 8. The Morgan fingerprint density at radius 2 is 0.857 bits per heavy atom. The second-order valence-corrected chi connectivity index (χ2v) is 17.0. The van der Waals surface area contributed by atoms with Crippen molar-refractivity contribution in [2.75, 3.05) is 0 Å². The van der Waals surface area contributed by atoms with E-state index in [1.807, 2.05) is 0 Å². The number of furan rings is 1. The molecule has 0 bridgehead atoms. The van der Waals surface area contributed by atoms with Crippen LogP contribution in [0.5, 0.6) is 0 Å². The van der Waals surface area contributed by atoms with Crippen molar-refractivity contribution in [1.29, 1.82) is 0 Å². The summed E-state index contributed by atoms with van der Waals surface area (Å²) < 4.78 is 6.54. The summed E-state index contributed by atoms with van der Waals surface area (Å²) >= 11 is 0. The average molecular weight is 725 g/mol. The molecule has 10 rings (SSSR count). The van der Waals surface area contributed by atoms with Gasteiger partial charge in [0.15, 0.2) is 0 Å². The maximum absolute atomic E-state index is 6.54. The summed E-state index contributed by atoms with van der Waals surface area (Å²) in [6, 6.07) is 40.6. The SMILES string of the molecule is Cc1c(C)c(C)c2c(-c3cccc4oc5ccccc5c34)c3c(C)c(C)c(C)c(C)c3c(-c3cccc(-c4ccc5c(c4)C(C)(C)c4ccccc4-5)c3)c2c1C. The third kappa shape index (κ3) is 4.55. The summed E-state index contributed by atoms with van der Waals surface area (Å²) in [5.74, 6) is 0. The first-order chi connectivity index (χ1) is 26.9. The Hall–Kier alpha value is -5.92. The number of hydrogen-bond acceptors (Lipinski definition) is 1. The molecule has 56 heavy (non-hydrogen) atoms. The van der Waals surface area contributed by atoms with Crippen LogP contribution >= 0.6 is 0 Å². The van der Waals surface area contributed by atoms with E-state index in [-0.39, 0.29) is 5.41 Å². The van der Waals surface area contributed by atoms with E-state index < -0.39 is 0 Å². The number of aryl methyl sites for hydroxylation is 4. The van der Waals surface area contributed by atoms with Crippen LogP contribution in [0.4, 0.5) is 0 Å². The molecule has 0 unspecified atom stereocenters. The third-order valence-electron chi connectivity index (χ3n) is 14.1. The highest BCUT2D eigenvalue weighted by molar-refractivity contribution is 6.28. The van der Waals surface area contributed by atoms with Gasteiger partial charge in [0, 0.05) is 16.2 Å². The summed E-state index contributed by atoms with van der Waals surface area (Å²) in [5, 5.41) is 7.75. The van der Waals surface area contributed by atoms with Crippen LogP contribution in [0.15, 0.2) is 114 Å². The average Bonchev–Trinajstić information content (AvgIpc) is 3.71. The summed E-state index contributed by atoms with van der Waals surface area (Å²) in [5.41, 5.74) is 25.8. The lowest BCUT2D eigenvalue weighted by Crippen LogP contribution is -2.14. The van der Waals surface area contributed by atoms with Gasteiger partial charge in [-0.25, -0.2) is 0 Å². The van der Waals surface area contributed by atoms with E-state index in [0.717, 1.165) is 16.6 Å². The van der Waals surface area contributed by atoms with Crippen LogP contribution in [0, 0.1) is 55.4 Å². The van der Waals surface area contributed by atoms with Crippen LogP contribution in [0.2, 0.25) is 0 Å². The van der Waals surface area contributed by atoms with Crippen LogP contribution in [0.25, 0.3) is 88.0 Å². The Balaban J connectivity index is 1.34. The number of rotatable bonds is 3. The molecule has 0 radical (unpaired) electrons. The standard InChI is InChI=1S/C55H48O/c1-29-31(3)35(7)50-48(33(29)5)52(39-18-15-17-37(27-39)38-25-26-41-40-19-11-13-22-44(40)55(9,10)45(41)28-38)49-34(6)30(2)32(4)36(8)51(49)54(50)43-21-16-24-47-53(43)42-20-12-14-23-46(42)56-47/h11-28H,1-10H3. The maximum Gasteiger partial charge on any atom is 0.136 e. The van der Waals surface area contributed by atoms with Gasteiger partial charge < -0.3 is 4.42 Å². The molecule has 1 aliphatic carbocycles. The Kier molecular flexibility index (Phi) is 7.43. The lowest BCUT2D eigenvalue weighted by molar-refractivity contribution is 0.660. The highest BCUT2D eigenvalue weighted by atomic mass is 16.3. The molecular weight excluding hydrogens is 677 g/mol. The van der Waals surface area contributed by atoms with Gasteiger partial charge in [0.2, 0.25) is 0 Å². The molecule has 1 aromatic heterocycles. The highest BCUT2D eigenvalue weighted by Gasteiger charge is 2.35. The molecule has 1 heterocycles. The molecule has 9 aromatic rings.